The molecule has 0 radical (unpaired) electrons. The summed E-state index contributed by atoms with van der Waals surface area (Å²) in [5.41, 5.74) is 1.08. The molecule has 0 heterocycles. The molecule has 0 aliphatic carbocycles. The first-order valence-electron chi connectivity index (χ1n) is 4.64. The van der Waals surface area contributed by atoms with Crippen LogP contribution in [0.4, 0.5) is 0 Å². The van der Waals surface area contributed by atoms with Gasteiger partial charge in [0.1, 0.15) is 11.5 Å². The highest BCUT2D eigenvalue weighted by Gasteiger charge is 2.03. The summed E-state index contributed by atoms with van der Waals surface area (Å²) in [6, 6.07) is 5.87. The third kappa shape index (κ3) is 2.38. The minimum absolute atomic E-state index is 0.691. The van der Waals surface area contributed by atoms with Gasteiger partial charge >= 0.3 is 0 Å². The fraction of sp³-hybridized carbons (Fsp3) is 0.455. The molecular formula is C11H16O2. The highest BCUT2D eigenvalue weighted by atomic mass is 16.5. The molecule has 2 heteroatoms. The first-order valence-corrected chi connectivity index (χ1v) is 4.64. The highest BCUT2D eigenvalue weighted by molar-refractivity contribution is 5.43. The van der Waals surface area contributed by atoms with E-state index in [4.69, 9.17) is 9.47 Å². The zero-order chi connectivity index (χ0) is 9.68. The first kappa shape index (κ1) is 9.90. The van der Waals surface area contributed by atoms with E-state index < -0.39 is 0 Å². The van der Waals surface area contributed by atoms with Crippen molar-refractivity contribution >= 4 is 0 Å². The minimum Gasteiger partial charge on any atom is -0.493 e. The quantitative estimate of drug-likeness (QED) is 0.709. The van der Waals surface area contributed by atoms with Crippen LogP contribution in [0.1, 0.15) is 19.4 Å². The maximum Gasteiger partial charge on any atom is 0.125 e. The van der Waals surface area contributed by atoms with E-state index in [9.17, 15) is 0 Å². The van der Waals surface area contributed by atoms with Gasteiger partial charge in [0.2, 0.25) is 0 Å². The second-order valence-corrected chi connectivity index (χ2v) is 2.75. The van der Waals surface area contributed by atoms with Crippen molar-refractivity contribution in [1.82, 2.24) is 0 Å². The molecule has 0 aromatic heterocycles. The molecule has 0 amide bonds. The van der Waals surface area contributed by atoms with Crippen LogP contribution in [0.5, 0.6) is 11.5 Å². The number of hydrogen-bond acceptors (Lipinski definition) is 2. The van der Waals surface area contributed by atoms with Gasteiger partial charge in [-0.1, -0.05) is 6.07 Å². The van der Waals surface area contributed by atoms with Crippen molar-refractivity contribution in [2.45, 2.75) is 20.8 Å². The highest BCUT2D eigenvalue weighted by Crippen LogP contribution is 2.27. The van der Waals surface area contributed by atoms with Gasteiger partial charge in [0.15, 0.2) is 0 Å². The summed E-state index contributed by atoms with van der Waals surface area (Å²) < 4.78 is 10.9. The van der Waals surface area contributed by atoms with Crippen LogP contribution in [-0.4, -0.2) is 13.2 Å². The van der Waals surface area contributed by atoms with Crippen molar-refractivity contribution in [2.75, 3.05) is 13.2 Å². The Hall–Kier alpha value is -1.18. The van der Waals surface area contributed by atoms with Crippen molar-refractivity contribution in [1.29, 1.82) is 0 Å². The molecule has 0 bridgehead atoms. The minimum atomic E-state index is 0.691. The Bertz CT molecular complexity index is 245. The van der Waals surface area contributed by atoms with E-state index in [0.29, 0.717) is 13.2 Å². The normalized spacial score (nSPS) is 9.77. The first-order chi connectivity index (χ1) is 6.29. The predicted octanol–water partition coefficient (Wildman–Crippen LogP) is 2.79. The lowest BCUT2D eigenvalue weighted by Crippen LogP contribution is -1.98. The van der Waals surface area contributed by atoms with Crippen molar-refractivity contribution in [3.05, 3.63) is 23.8 Å². The van der Waals surface area contributed by atoms with E-state index in [0.717, 1.165) is 17.1 Å². The van der Waals surface area contributed by atoms with Gasteiger partial charge in [0.05, 0.1) is 13.2 Å². The largest absolute Gasteiger partial charge is 0.493 e. The molecule has 1 rings (SSSR count). The van der Waals surface area contributed by atoms with Gasteiger partial charge in [-0.2, -0.15) is 0 Å². The summed E-state index contributed by atoms with van der Waals surface area (Å²) in [6.07, 6.45) is 0. The van der Waals surface area contributed by atoms with E-state index in [1.165, 1.54) is 0 Å². The molecule has 2 nitrogen and oxygen atoms in total. The summed E-state index contributed by atoms with van der Waals surface area (Å²) in [7, 11) is 0. The second-order valence-electron chi connectivity index (χ2n) is 2.75. The molecule has 1 aromatic rings. The van der Waals surface area contributed by atoms with Gasteiger partial charge in [0.25, 0.3) is 0 Å². The Morgan fingerprint density at radius 2 is 1.46 bits per heavy atom. The Morgan fingerprint density at radius 1 is 1.00 bits per heavy atom. The molecular weight excluding hydrogens is 164 g/mol. The molecule has 0 saturated heterocycles. The van der Waals surface area contributed by atoms with Gasteiger partial charge in [-0.15, -0.1) is 0 Å². The maximum atomic E-state index is 5.44. The lowest BCUT2D eigenvalue weighted by Gasteiger charge is -2.11. The Kier molecular flexibility index (Phi) is 3.62. The second kappa shape index (κ2) is 4.75. The molecule has 0 N–H and O–H groups in total. The average Bonchev–Trinajstić information content (AvgIpc) is 2.13. The Balaban J connectivity index is 2.89. The fourth-order valence-electron chi connectivity index (χ4n) is 1.22. The van der Waals surface area contributed by atoms with Gasteiger partial charge in [0, 0.05) is 5.56 Å². The molecule has 13 heavy (non-hydrogen) atoms. The van der Waals surface area contributed by atoms with Crippen LogP contribution in [0.15, 0.2) is 18.2 Å². The van der Waals surface area contributed by atoms with Crippen LogP contribution in [0, 0.1) is 6.92 Å². The zero-order valence-corrected chi connectivity index (χ0v) is 8.46. The average molecular weight is 180 g/mol. The van der Waals surface area contributed by atoms with E-state index >= 15 is 0 Å². The van der Waals surface area contributed by atoms with Crippen LogP contribution < -0.4 is 9.47 Å². The molecule has 0 spiro atoms. The number of benzene rings is 1. The van der Waals surface area contributed by atoms with Crippen molar-refractivity contribution < 1.29 is 9.47 Å². The lowest BCUT2D eigenvalue weighted by atomic mass is 10.2. The molecule has 72 valence electrons. The number of rotatable bonds is 4. The van der Waals surface area contributed by atoms with Crippen LogP contribution in [0.25, 0.3) is 0 Å². The summed E-state index contributed by atoms with van der Waals surface area (Å²) in [6.45, 7) is 7.35. The van der Waals surface area contributed by atoms with Gasteiger partial charge in [-0.25, -0.2) is 0 Å². The van der Waals surface area contributed by atoms with Gasteiger partial charge in [-0.05, 0) is 32.9 Å². The summed E-state index contributed by atoms with van der Waals surface area (Å²) >= 11 is 0. The Labute approximate surface area is 79.5 Å². The number of hydrogen-bond donors (Lipinski definition) is 0. The summed E-state index contributed by atoms with van der Waals surface area (Å²) in [5.74, 6) is 1.82. The topological polar surface area (TPSA) is 18.5 Å². The van der Waals surface area contributed by atoms with Crippen molar-refractivity contribution in [3.63, 3.8) is 0 Å². The van der Waals surface area contributed by atoms with Crippen molar-refractivity contribution in [3.8, 4) is 11.5 Å². The van der Waals surface area contributed by atoms with E-state index in [1.807, 2.05) is 39.0 Å². The maximum absolute atomic E-state index is 5.44. The fourth-order valence-corrected chi connectivity index (χ4v) is 1.22. The molecule has 0 saturated carbocycles. The van der Waals surface area contributed by atoms with Crippen LogP contribution in [-0.2, 0) is 0 Å². The molecule has 0 aliphatic rings. The third-order valence-corrected chi connectivity index (χ3v) is 1.83. The standard InChI is InChI=1S/C11H16O2/c1-4-12-10-7-6-8-11(9(10)3)13-5-2/h6-8H,4-5H2,1-3H3. The SMILES string of the molecule is CCOc1cccc(OCC)c1C. The summed E-state index contributed by atoms with van der Waals surface area (Å²) in [4.78, 5) is 0. The number of ether oxygens (including phenoxy) is 2. The van der Waals surface area contributed by atoms with Gasteiger partial charge in [-0.3, -0.25) is 0 Å². The predicted molar refractivity (Wildman–Crippen MR) is 53.5 cm³/mol. The van der Waals surface area contributed by atoms with Crippen LogP contribution in [0.3, 0.4) is 0 Å². The third-order valence-electron chi connectivity index (χ3n) is 1.83. The molecule has 0 aliphatic heterocycles. The van der Waals surface area contributed by atoms with Gasteiger partial charge < -0.3 is 9.47 Å². The lowest BCUT2D eigenvalue weighted by molar-refractivity contribution is 0.319. The van der Waals surface area contributed by atoms with Crippen LogP contribution in [0.2, 0.25) is 0 Å². The van der Waals surface area contributed by atoms with E-state index in [2.05, 4.69) is 0 Å². The monoisotopic (exact) mass is 180 g/mol. The molecule has 0 unspecified atom stereocenters. The molecule has 0 atom stereocenters. The molecule has 0 fully saturated rings. The zero-order valence-electron chi connectivity index (χ0n) is 8.46. The van der Waals surface area contributed by atoms with E-state index in [-0.39, 0.29) is 0 Å². The summed E-state index contributed by atoms with van der Waals surface area (Å²) in [5, 5.41) is 0. The van der Waals surface area contributed by atoms with Crippen LogP contribution >= 0.6 is 0 Å². The Morgan fingerprint density at radius 3 is 1.85 bits per heavy atom. The van der Waals surface area contributed by atoms with Crippen molar-refractivity contribution in [2.24, 2.45) is 0 Å². The van der Waals surface area contributed by atoms with E-state index in [1.54, 1.807) is 0 Å². The smallest absolute Gasteiger partial charge is 0.125 e. The molecule has 1 aromatic carbocycles.